The van der Waals surface area contributed by atoms with E-state index in [1.807, 2.05) is 194 Å². The molecule has 9 aromatic carbocycles. The highest BCUT2D eigenvalue weighted by Crippen LogP contribution is 2.41. The Hall–Kier alpha value is -12.7. The lowest BCUT2D eigenvalue weighted by Crippen LogP contribution is -2.19. The normalized spacial score (nSPS) is 14.3. The quantitative estimate of drug-likeness (QED) is 0.0237. The average molecular weight is 1700 g/mol. The highest BCUT2D eigenvalue weighted by atomic mass is 16.3. The summed E-state index contributed by atoms with van der Waals surface area (Å²) < 4.78 is 0. The lowest BCUT2D eigenvalue weighted by Gasteiger charge is -2.23. The second-order valence-corrected chi connectivity index (χ2v) is 33.8. The van der Waals surface area contributed by atoms with E-state index in [-0.39, 0.29) is 50.1 Å². The number of hydrogen-bond acceptors (Lipinski definition) is 16. The summed E-state index contributed by atoms with van der Waals surface area (Å²) in [6.07, 6.45) is 33.8. The molecule has 4 heterocycles. The number of aryl methyl sites for hydroxylation is 2. The predicted molar refractivity (Wildman–Crippen MR) is 503 cm³/mol. The van der Waals surface area contributed by atoms with Crippen molar-refractivity contribution in [1.29, 1.82) is 0 Å². The number of carbonyl (C=O) groups excluding carboxylic acids is 4. The second-order valence-electron chi connectivity index (χ2n) is 33.8. The molecule has 4 saturated carbocycles. The first-order valence-corrected chi connectivity index (χ1v) is 45.4. The van der Waals surface area contributed by atoms with Gasteiger partial charge in [-0.25, -0.2) is 39.9 Å². The maximum atomic E-state index is 13.0. The lowest BCUT2D eigenvalue weighted by atomic mass is 9.86. The van der Waals surface area contributed by atoms with Gasteiger partial charge in [0.05, 0.1) is 110 Å². The van der Waals surface area contributed by atoms with Crippen molar-refractivity contribution in [3.63, 3.8) is 0 Å². The minimum atomic E-state index is -0.0818. The molecule has 0 saturated heterocycles. The van der Waals surface area contributed by atoms with Gasteiger partial charge < -0.3 is 41.7 Å². The van der Waals surface area contributed by atoms with Gasteiger partial charge in [-0.05, 0) is 126 Å². The number of benzene rings is 9. The zero-order valence-corrected chi connectivity index (χ0v) is 72.5. The zero-order valence-electron chi connectivity index (χ0n) is 72.5. The summed E-state index contributed by atoms with van der Waals surface area (Å²) in [6.45, 7) is 0.0783. The number of carbonyl (C=O) groups is 4. The van der Waals surface area contributed by atoms with Crippen LogP contribution >= 0.6 is 0 Å². The summed E-state index contributed by atoms with van der Waals surface area (Å²) in [7, 11) is 0. The van der Waals surface area contributed by atoms with E-state index in [1.54, 1.807) is 24.8 Å². The van der Waals surface area contributed by atoms with Crippen LogP contribution in [0.25, 0.3) is 55.8 Å². The monoisotopic (exact) mass is 1700 g/mol. The summed E-state index contributed by atoms with van der Waals surface area (Å²) in [5.41, 5.74) is 18.4. The van der Waals surface area contributed by atoms with Crippen LogP contribution in [-0.4, -0.2) is 83.9 Å². The van der Waals surface area contributed by atoms with E-state index in [4.69, 9.17) is 19.9 Å². The number of hydrogen-bond donors (Lipinski definition) is 8. The first-order valence-electron chi connectivity index (χ1n) is 45.4. The van der Waals surface area contributed by atoms with Gasteiger partial charge in [-0.1, -0.05) is 308 Å². The molecule has 127 heavy (non-hydrogen) atoms. The number of aliphatic hydroxyl groups excluding tert-OH is 4. The molecule has 0 radical (unpaired) electrons. The zero-order chi connectivity index (χ0) is 87.7. The van der Waals surface area contributed by atoms with Gasteiger partial charge >= 0.3 is 0 Å². The van der Waals surface area contributed by atoms with Gasteiger partial charge in [-0.3, -0.25) is 19.2 Å². The van der Waals surface area contributed by atoms with Crippen LogP contribution in [-0.2, 0) is 71.3 Å². The predicted octanol–water partition coefficient (Wildman–Crippen LogP) is 21.8. The minimum Gasteiger partial charge on any atom is -0.392 e. The van der Waals surface area contributed by atoms with E-state index in [2.05, 4.69) is 77.6 Å². The molecule has 4 fully saturated rings. The van der Waals surface area contributed by atoms with Crippen molar-refractivity contribution in [3.8, 4) is 45.0 Å². The number of rotatable bonds is 27. The first kappa shape index (κ1) is 90.5. The third-order valence-corrected chi connectivity index (χ3v) is 24.5. The molecule has 20 heteroatoms. The van der Waals surface area contributed by atoms with Gasteiger partial charge in [0.2, 0.25) is 23.6 Å². The standard InChI is InChI=1S/C29H29N3O2.C27H31N3O2.C26H29N3O2.C25H27N3O2/c33-19-20-10-14-23(15-11-20)26-18-30-29(28(31-26)24-7-2-1-3-8-24)32-27(34)17-21-12-13-22-6-4-5-9-25(22)16-21;31-19-21-14-16-22(17-15-21)24-18-28-27(26(29-24)23-11-5-2-6-12-23)30-25(32)13-7-10-20-8-3-1-4-9-20;30-18-20-11-14-21(15-12-20)23-17-27-26(25(28-23)22-9-5-2-6-10-22)29-24(31)16-13-19-7-3-1-4-8-19;29-17-19-11-13-20(14-12-19)22-16-26-25(24(27-22)21-9-5-2-6-10-21)28-23(30)15-18-7-3-1-4-8-18/h4-6,9-16,18,24,33H,1-3,7-8,17,19H2,(H,30,32,34);1,3-4,8-9,14-18,23,31H,2,5-7,10-13,19H2,(H,28,30,32);1,3-4,7-8,11-12,14-15,17,22,30H,2,5-6,9-10,13,16,18H2,(H,27,29,31);1,3-4,7-8,11-14,16,21,29H,2,5-6,9-10,15,17H2,(H,26,28,30). The Bertz CT molecular complexity index is 5690. The molecule has 17 rings (SSSR count). The highest BCUT2D eigenvalue weighted by Gasteiger charge is 2.29. The Kier molecular flexibility index (Phi) is 33.5. The van der Waals surface area contributed by atoms with Crippen molar-refractivity contribution in [2.75, 3.05) is 21.3 Å². The van der Waals surface area contributed by atoms with Crippen LogP contribution in [0.4, 0.5) is 23.3 Å². The molecule has 4 aliphatic carbocycles. The van der Waals surface area contributed by atoms with Gasteiger partial charge in [-0.15, -0.1) is 0 Å². The third kappa shape index (κ3) is 26.5. The number of nitrogens with one attached hydrogen (secondary N) is 4. The van der Waals surface area contributed by atoms with Gasteiger partial charge in [0.15, 0.2) is 23.3 Å². The molecule has 13 aromatic rings. The van der Waals surface area contributed by atoms with Crippen molar-refractivity contribution in [2.24, 2.45) is 0 Å². The molecule has 0 aliphatic heterocycles. The van der Waals surface area contributed by atoms with Crippen molar-refractivity contribution < 1.29 is 39.6 Å². The van der Waals surface area contributed by atoms with Crippen molar-refractivity contribution in [2.45, 2.75) is 223 Å². The largest absolute Gasteiger partial charge is 0.392 e. The van der Waals surface area contributed by atoms with Gasteiger partial charge in [0, 0.05) is 58.8 Å². The number of aromatic nitrogens is 8. The highest BCUT2D eigenvalue weighted by molar-refractivity contribution is 5.94. The fourth-order valence-electron chi connectivity index (χ4n) is 17.4. The van der Waals surface area contributed by atoms with Crippen LogP contribution in [0.2, 0.25) is 0 Å². The molecule has 0 unspecified atom stereocenters. The topological polar surface area (TPSA) is 300 Å². The van der Waals surface area contributed by atoms with E-state index in [9.17, 15) is 39.6 Å². The van der Waals surface area contributed by atoms with Crippen LogP contribution in [0.15, 0.2) is 255 Å². The summed E-state index contributed by atoms with van der Waals surface area (Å²) in [6, 6.07) is 75.2. The maximum absolute atomic E-state index is 13.0. The van der Waals surface area contributed by atoms with E-state index in [0.717, 1.165) is 176 Å². The summed E-state index contributed by atoms with van der Waals surface area (Å²) in [5.74, 6) is 3.43. The molecule has 0 bridgehead atoms. The molecule has 8 N–H and O–H groups in total. The van der Waals surface area contributed by atoms with Gasteiger partial charge in [0.1, 0.15) is 0 Å². The van der Waals surface area contributed by atoms with Crippen molar-refractivity contribution >= 4 is 57.7 Å². The van der Waals surface area contributed by atoms with Gasteiger partial charge in [0.25, 0.3) is 0 Å². The maximum Gasteiger partial charge on any atom is 0.229 e. The van der Waals surface area contributed by atoms with Crippen LogP contribution in [0, 0.1) is 0 Å². The minimum absolute atomic E-state index is 0.00709. The van der Waals surface area contributed by atoms with E-state index in [0.29, 0.717) is 79.0 Å². The SMILES string of the molecule is O=C(CCCc1ccccc1)Nc1ncc(-c2ccc(CO)cc2)nc1C1CCCCC1.O=C(CCc1ccccc1)Nc1ncc(-c2ccc(CO)cc2)nc1C1CCCCC1.O=C(Cc1ccc2ccccc2c1)Nc1ncc(-c2ccc(CO)cc2)nc1C1CCCCC1.O=C(Cc1ccccc1)Nc1ncc(-c2ccc(CO)cc2)nc1C1CCCCC1. The summed E-state index contributed by atoms with van der Waals surface area (Å²) in [4.78, 5) is 89.3. The number of fused-ring (bicyclic) bond motifs is 1. The Balaban J connectivity index is 0.000000137. The molecule has 0 spiro atoms. The molecule has 652 valence electrons. The van der Waals surface area contributed by atoms with Crippen LogP contribution < -0.4 is 21.3 Å². The number of aliphatic hydroxyl groups is 4. The molecule has 0 atom stereocenters. The lowest BCUT2D eigenvalue weighted by molar-refractivity contribution is -0.117. The molecule has 4 aromatic heterocycles. The van der Waals surface area contributed by atoms with E-state index < -0.39 is 0 Å². The second kappa shape index (κ2) is 47.0. The Morgan fingerprint density at radius 3 is 0.874 bits per heavy atom. The van der Waals surface area contributed by atoms with Crippen LogP contribution in [0.1, 0.15) is 239 Å². The van der Waals surface area contributed by atoms with Crippen LogP contribution in [0.3, 0.4) is 0 Å². The van der Waals surface area contributed by atoms with Crippen molar-refractivity contribution in [3.05, 3.63) is 323 Å². The number of anilines is 4. The van der Waals surface area contributed by atoms with Crippen LogP contribution in [0.5, 0.6) is 0 Å². The molecule has 4 aliphatic rings. The molecular formula is C107H116N12O8. The average Bonchev–Trinajstić information content (AvgIpc) is 0.808. The fraction of sp³-hybridized carbons (Fsp3) is 0.327. The summed E-state index contributed by atoms with van der Waals surface area (Å²) in [5, 5.41) is 51.6. The van der Waals surface area contributed by atoms with E-state index >= 15 is 0 Å². The fourth-order valence-corrected chi connectivity index (χ4v) is 17.4. The first-order chi connectivity index (χ1) is 62.4. The Morgan fingerprint density at radius 1 is 0.268 bits per heavy atom. The third-order valence-electron chi connectivity index (χ3n) is 24.5. The van der Waals surface area contributed by atoms with Gasteiger partial charge in [-0.2, -0.15) is 0 Å². The summed E-state index contributed by atoms with van der Waals surface area (Å²) >= 11 is 0. The molecular weight excluding hydrogens is 1580 g/mol. The van der Waals surface area contributed by atoms with Crippen molar-refractivity contribution in [1.82, 2.24) is 39.9 Å². The smallest absolute Gasteiger partial charge is 0.229 e. The number of nitrogens with zero attached hydrogens (tertiary/aromatic N) is 8. The number of amides is 4. The molecule has 4 amide bonds. The molecule has 20 nitrogen and oxygen atoms in total. The van der Waals surface area contributed by atoms with E-state index in [1.165, 1.54) is 88.0 Å². The Labute approximate surface area is 745 Å². The Morgan fingerprint density at radius 2 is 0.543 bits per heavy atom.